The maximum Gasteiger partial charge on any atom is 0.333 e. The fourth-order valence-corrected chi connectivity index (χ4v) is 1.06. The topological polar surface area (TPSA) is 162 Å². The van der Waals surface area contributed by atoms with E-state index >= 15 is 0 Å². The van der Waals surface area contributed by atoms with Gasteiger partial charge in [0.15, 0.2) is 5.92 Å². The zero-order valence-electron chi connectivity index (χ0n) is 8.17. The Labute approximate surface area is 91.2 Å². The number of carboxylic acid groups (broad SMARTS) is 2. The van der Waals surface area contributed by atoms with E-state index in [-0.39, 0.29) is 4.57 Å². The van der Waals surface area contributed by atoms with E-state index in [0.717, 1.165) is 0 Å². The molecule has 1 heterocycles. The van der Waals surface area contributed by atoms with E-state index in [4.69, 9.17) is 10.2 Å². The second-order valence-electron chi connectivity index (χ2n) is 3.03. The van der Waals surface area contributed by atoms with E-state index in [1.165, 1.54) is 0 Å². The van der Waals surface area contributed by atoms with Crippen molar-refractivity contribution in [3.63, 3.8) is 0 Å². The highest BCUT2D eigenvalue weighted by Crippen LogP contribution is 1.98. The molecule has 0 saturated heterocycles. The fourth-order valence-electron chi connectivity index (χ4n) is 1.06. The molecule has 1 aromatic rings. The summed E-state index contributed by atoms with van der Waals surface area (Å²) in [6.07, 6.45) is 0. The van der Waals surface area contributed by atoms with Crippen LogP contribution in [0.1, 0.15) is 0 Å². The average molecular weight is 245 g/mol. The molecule has 0 spiro atoms. The molecule has 0 unspecified atom stereocenters. The van der Waals surface area contributed by atoms with Crippen molar-refractivity contribution in [1.82, 2.24) is 14.5 Å². The van der Waals surface area contributed by atoms with Gasteiger partial charge in [0.2, 0.25) is 0 Å². The van der Waals surface area contributed by atoms with Crippen LogP contribution in [-0.4, -0.2) is 36.7 Å². The molecule has 0 bridgehead atoms. The van der Waals surface area contributed by atoms with Crippen LogP contribution in [0.25, 0.3) is 0 Å². The van der Waals surface area contributed by atoms with Crippen LogP contribution in [0, 0.1) is 5.92 Å². The fraction of sp³-hybridized carbons (Fsp3) is 0.286. The zero-order chi connectivity index (χ0) is 13.2. The SMILES string of the molecule is O=C(O)C(Cn1c(=O)[nH]c(=O)[nH]c1=O)C(=O)O. The van der Waals surface area contributed by atoms with Crippen molar-refractivity contribution in [2.24, 2.45) is 5.92 Å². The van der Waals surface area contributed by atoms with Gasteiger partial charge < -0.3 is 10.2 Å². The van der Waals surface area contributed by atoms with Gasteiger partial charge in [0, 0.05) is 0 Å². The van der Waals surface area contributed by atoms with Gasteiger partial charge in [-0.2, -0.15) is 0 Å². The maximum absolute atomic E-state index is 11.1. The van der Waals surface area contributed by atoms with Crippen molar-refractivity contribution in [1.29, 1.82) is 0 Å². The summed E-state index contributed by atoms with van der Waals surface area (Å²) < 4.78 is 0.286. The smallest absolute Gasteiger partial charge is 0.333 e. The van der Waals surface area contributed by atoms with Crippen molar-refractivity contribution in [3.8, 4) is 0 Å². The molecule has 0 radical (unpaired) electrons. The molecule has 0 aromatic carbocycles. The summed E-state index contributed by atoms with van der Waals surface area (Å²) in [5, 5.41) is 17.1. The van der Waals surface area contributed by atoms with Gasteiger partial charge in [0.1, 0.15) is 0 Å². The number of hydrogen-bond donors (Lipinski definition) is 4. The summed E-state index contributed by atoms with van der Waals surface area (Å²) in [6, 6.07) is 0. The number of carboxylic acids is 2. The molecule has 0 aliphatic rings. The van der Waals surface area contributed by atoms with Gasteiger partial charge in [0.25, 0.3) is 0 Å². The Balaban J connectivity index is 3.24. The molecule has 10 nitrogen and oxygen atoms in total. The van der Waals surface area contributed by atoms with Gasteiger partial charge in [-0.25, -0.2) is 19.0 Å². The number of nitrogens with one attached hydrogen (secondary N) is 2. The maximum atomic E-state index is 11.1. The summed E-state index contributed by atoms with van der Waals surface area (Å²) in [4.78, 5) is 57.4. The third-order valence-corrected chi connectivity index (χ3v) is 1.89. The molecule has 92 valence electrons. The van der Waals surface area contributed by atoms with E-state index in [2.05, 4.69) is 0 Å². The van der Waals surface area contributed by atoms with Gasteiger partial charge in [-0.05, 0) is 0 Å². The monoisotopic (exact) mass is 245 g/mol. The van der Waals surface area contributed by atoms with Crippen LogP contribution in [0.4, 0.5) is 0 Å². The first-order valence-electron chi connectivity index (χ1n) is 4.22. The summed E-state index contributed by atoms with van der Waals surface area (Å²) in [7, 11) is 0. The second kappa shape index (κ2) is 4.47. The summed E-state index contributed by atoms with van der Waals surface area (Å²) >= 11 is 0. The zero-order valence-corrected chi connectivity index (χ0v) is 8.17. The highest BCUT2D eigenvalue weighted by atomic mass is 16.4. The predicted molar refractivity (Wildman–Crippen MR) is 50.7 cm³/mol. The molecule has 1 rings (SSSR count). The molecule has 0 atom stereocenters. The van der Waals surface area contributed by atoms with Crippen molar-refractivity contribution in [2.75, 3.05) is 0 Å². The predicted octanol–water partition coefficient (Wildman–Crippen LogP) is -2.99. The number of aromatic nitrogens is 3. The molecule has 17 heavy (non-hydrogen) atoms. The van der Waals surface area contributed by atoms with Crippen molar-refractivity contribution in [3.05, 3.63) is 31.5 Å². The van der Waals surface area contributed by atoms with Crippen LogP contribution in [0.2, 0.25) is 0 Å². The Bertz CT molecular complexity index is 573. The van der Waals surface area contributed by atoms with E-state index in [1.807, 2.05) is 0 Å². The normalized spacial score (nSPS) is 10.4. The number of H-pyrrole nitrogens is 2. The van der Waals surface area contributed by atoms with E-state index < -0.39 is 41.5 Å². The highest BCUT2D eigenvalue weighted by molar-refractivity contribution is 5.92. The molecule has 0 saturated carbocycles. The van der Waals surface area contributed by atoms with Gasteiger partial charge >= 0.3 is 29.0 Å². The second-order valence-corrected chi connectivity index (χ2v) is 3.03. The number of hydrogen-bond acceptors (Lipinski definition) is 5. The van der Waals surface area contributed by atoms with Gasteiger partial charge in [0.05, 0.1) is 6.54 Å². The lowest BCUT2D eigenvalue weighted by Gasteiger charge is -2.07. The quantitative estimate of drug-likeness (QED) is 0.411. The molecular weight excluding hydrogens is 238 g/mol. The molecule has 0 aliphatic heterocycles. The Hall–Kier alpha value is -2.65. The number of rotatable bonds is 4. The lowest BCUT2D eigenvalue weighted by Crippen LogP contribution is -2.46. The molecule has 0 aliphatic carbocycles. The minimum atomic E-state index is -1.96. The van der Waals surface area contributed by atoms with Crippen LogP contribution in [0.5, 0.6) is 0 Å². The van der Waals surface area contributed by atoms with Crippen molar-refractivity contribution in [2.45, 2.75) is 6.54 Å². The minimum absolute atomic E-state index is 0.286. The first-order valence-corrected chi connectivity index (χ1v) is 4.22. The van der Waals surface area contributed by atoms with Crippen LogP contribution < -0.4 is 17.1 Å². The van der Waals surface area contributed by atoms with Gasteiger partial charge in [-0.1, -0.05) is 0 Å². The van der Waals surface area contributed by atoms with Crippen molar-refractivity contribution < 1.29 is 19.8 Å². The Morgan fingerprint density at radius 3 is 1.82 bits per heavy atom. The van der Waals surface area contributed by atoms with Gasteiger partial charge in [-0.3, -0.25) is 19.6 Å². The third-order valence-electron chi connectivity index (χ3n) is 1.89. The van der Waals surface area contributed by atoms with Crippen LogP contribution in [-0.2, 0) is 16.1 Å². The molecule has 10 heteroatoms. The molecule has 4 N–H and O–H groups in total. The summed E-state index contributed by atoms with van der Waals surface area (Å²) in [5.74, 6) is -5.36. The van der Waals surface area contributed by atoms with Crippen molar-refractivity contribution >= 4 is 11.9 Å². The van der Waals surface area contributed by atoms with E-state index in [9.17, 15) is 24.0 Å². The first-order chi connectivity index (χ1) is 7.82. The Kier molecular flexibility index (Phi) is 3.26. The summed E-state index contributed by atoms with van der Waals surface area (Å²) in [6.45, 7) is -0.879. The highest BCUT2D eigenvalue weighted by Gasteiger charge is 2.27. The van der Waals surface area contributed by atoms with Crippen LogP contribution in [0.3, 0.4) is 0 Å². The minimum Gasteiger partial charge on any atom is -0.481 e. The van der Waals surface area contributed by atoms with Crippen LogP contribution >= 0.6 is 0 Å². The molecule has 1 aromatic heterocycles. The molecule has 0 fully saturated rings. The summed E-state index contributed by atoms with van der Waals surface area (Å²) in [5.41, 5.74) is -3.41. The van der Waals surface area contributed by atoms with Crippen LogP contribution in [0.15, 0.2) is 14.4 Å². The lowest BCUT2D eigenvalue weighted by atomic mass is 10.1. The number of aromatic amines is 2. The van der Waals surface area contributed by atoms with E-state index in [0.29, 0.717) is 0 Å². The number of nitrogens with zero attached hydrogens (tertiary/aromatic N) is 1. The lowest BCUT2D eigenvalue weighted by molar-refractivity contribution is -0.155. The number of carbonyl (C=O) groups is 2. The standard InChI is InChI=1S/C7H7N3O7/c11-3(12)2(4(13)14)1-10-6(16)8-5(15)9-7(10)17/h2H,1H2,(H,11,12)(H,13,14)(H2,8,9,15,16,17). The Morgan fingerprint density at radius 2 is 1.47 bits per heavy atom. The first kappa shape index (κ1) is 12.4. The number of aliphatic carboxylic acids is 2. The molecular formula is C7H7N3O7. The van der Waals surface area contributed by atoms with E-state index in [1.54, 1.807) is 9.97 Å². The Morgan fingerprint density at radius 1 is 1.06 bits per heavy atom. The average Bonchev–Trinajstić information content (AvgIpc) is 2.14. The largest absolute Gasteiger partial charge is 0.481 e. The molecule has 0 amide bonds. The third kappa shape index (κ3) is 2.68. The van der Waals surface area contributed by atoms with Gasteiger partial charge in [-0.15, -0.1) is 0 Å².